The molecule has 76 heavy (non-hydrogen) atoms. The molecular formula is C70H136O6. The van der Waals surface area contributed by atoms with Crippen LogP contribution in [0.4, 0.5) is 0 Å². The molecule has 1 unspecified atom stereocenters. The highest BCUT2D eigenvalue weighted by atomic mass is 16.6. The summed E-state index contributed by atoms with van der Waals surface area (Å²) in [5.41, 5.74) is 0. The standard InChI is InChI=1S/C70H136O6/c1-4-7-10-13-16-19-21-23-25-27-29-31-33-34-35-37-38-40-42-44-46-48-51-54-57-60-63-69(72)75-66-67(65-74-68(71)62-59-56-53-50-18-15-12-9-6-3)76-70(73)64-61-58-55-52-49-47-45-43-41-39-36-32-30-28-26-24-22-20-17-14-11-8-5-2/h67H,4-66H2,1-3H3. The summed E-state index contributed by atoms with van der Waals surface area (Å²) in [6.07, 6.45) is 77.2. The second-order valence-corrected chi connectivity index (χ2v) is 24.2. The van der Waals surface area contributed by atoms with Crippen LogP contribution in [-0.2, 0) is 28.6 Å². The van der Waals surface area contributed by atoms with E-state index in [1.165, 1.54) is 315 Å². The molecule has 0 saturated heterocycles. The smallest absolute Gasteiger partial charge is 0.306 e. The van der Waals surface area contributed by atoms with Crippen LogP contribution in [0.15, 0.2) is 0 Å². The second-order valence-electron chi connectivity index (χ2n) is 24.2. The molecule has 6 heteroatoms. The van der Waals surface area contributed by atoms with Crippen molar-refractivity contribution in [2.24, 2.45) is 0 Å². The van der Waals surface area contributed by atoms with Gasteiger partial charge in [0.05, 0.1) is 0 Å². The average Bonchev–Trinajstić information content (AvgIpc) is 3.42. The fourth-order valence-corrected chi connectivity index (χ4v) is 11.1. The van der Waals surface area contributed by atoms with Crippen LogP contribution in [-0.4, -0.2) is 37.2 Å². The third kappa shape index (κ3) is 63.2. The Morgan fingerprint density at radius 2 is 0.355 bits per heavy atom. The first-order valence-electron chi connectivity index (χ1n) is 35.0. The van der Waals surface area contributed by atoms with Gasteiger partial charge in [0.25, 0.3) is 0 Å². The molecule has 6 nitrogen and oxygen atoms in total. The van der Waals surface area contributed by atoms with Gasteiger partial charge in [0.15, 0.2) is 6.10 Å². The largest absolute Gasteiger partial charge is 0.462 e. The minimum Gasteiger partial charge on any atom is -0.462 e. The van der Waals surface area contributed by atoms with E-state index < -0.39 is 6.10 Å². The zero-order valence-electron chi connectivity index (χ0n) is 52.1. The molecule has 0 rings (SSSR count). The summed E-state index contributed by atoms with van der Waals surface area (Å²) < 4.78 is 16.9. The maximum absolute atomic E-state index is 12.9. The van der Waals surface area contributed by atoms with Crippen molar-refractivity contribution in [2.75, 3.05) is 13.2 Å². The number of hydrogen-bond acceptors (Lipinski definition) is 6. The zero-order valence-corrected chi connectivity index (χ0v) is 52.1. The summed E-state index contributed by atoms with van der Waals surface area (Å²) in [6.45, 7) is 6.72. The highest BCUT2D eigenvalue weighted by molar-refractivity contribution is 5.71. The lowest BCUT2D eigenvalue weighted by atomic mass is 10.0. The van der Waals surface area contributed by atoms with Gasteiger partial charge in [0.1, 0.15) is 13.2 Å². The summed E-state index contributed by atoms with van der Waals surface area (Å²) in [6, 6.07) is 0. The van der Waals surface area contributed by atoms with Crippen LogP contribution in [0.5, 0.6) is 0 Å². The number of carbonyl (C=O) groups is 3. The van der Waals surface area contributed by atoms with Crippen LogP contribution in [0.25, 0.3) is 0 Å². The van der Waals surface area contributed by atoms with Gasteiger partial charge < -0.3 is 14.2 Å². The first-order chi connectivity index (χ1) is 37.5. The molecule has 0 aliphatic rings. The van der Waals surface area contributed by atoms with E-state index in [1.54, 1.807) is 0 Å². The summed E-state index contributed by atoms with van der Waals surface area (Å²) in [7, 11) is 0. The molecule has 0 radical (unpaired) electrons. The zero-order chi connectivity index (χ0) is 55.0. The third-order valence-corrected chi connectivity index (χ3v) is 16.4. The van der Waals surface area contributed by atoms with Crippen molar-refractivity contribution in [3.05, 3.63) is 0 Å². The highest BCUT2D eigenvalue weighted by Gasteiger charge is 2.19. The maximum atomic E-state index is 12.9. The van der Waals surface area contributed by atoms with E-state index in [-0.39, 0.29) is 31.1 Å². The minimum absolute atomic E-state index is 0.0608. The summed E-state index contributed by atoms with van der Waals surface area (Å²) in [5.74, 6) is -0.827. The number of esters is 3. The van der Waals surface area contributed by atoms with Gasteiger partial charge >= 0.3 is 17.9 Å². The number of carbonyl (C=O) groups excluding carboxylic acids is 3. The molecule has 0 aromatic heterocycles. The van der Waals surface area contributed by atoms with Crippen molar-refractivity contribution in [2.45, 2.75) is 419 Å². The second kappa shape index (κ2) is 65.9. The minimum atomic E-state index is -0.762. The van der Waals surface area contributed by atoms with Crippen LogP contribution >= 0.6 is 0 Å². The Kier molecular flexibility index (Phi) is 64.5. The first-order valence-corrected chi connectivity index (χ1v) is 35.0. The molecule has 0 aromatic carbocycles. The van der Waals surface area contributed by atoms with E-state index in [2.05, 4.69) is 20.8 Å². The van der Waals surface area contributed by atoms with E-state index in [0.29, 0.717) is 19.3 Å². The molecule has 0 fully saturated rings. The van der Waals surface area contributed by atoms with Crippen LogP contribution in [0.2, 0.25) is 0 Å². The monoisotopic (exact) mass is 1070 g/mol. The Balaban J connectivity index is 4.07. The molecule has 0 spiro atoms. The van der Waals surface area contributed by atoms with Gasteiger partial charge in [-0.25, -0.2) is 0 Å². The van der Waals surface area contributed by atoms with Gasteiger partial charge in [0.2, 0.25) is 0 Å². The van der Waals surface area contributed by atoms with Crippen molar-refractivity contribution in [3.8, 4) is 0 Å². The van der Waals surface area contributed by atoms with E-state index in [4.69, 9.17) is 14.2 Å². The fourth-order valence-electron chi connectivity index (χ4n) is 11.1. The van der Waals surface area contributed by atoms with E-state index >= 15 is 0 Å². The van der Waals surface area contributed by atoms with Gasteiger partial charge in [-0.1, -0.05) is 374 Å². The van der Waals surface area contributed by atoms with Gasteiger partial charge in [-0.3, -0.25) is 14.4 Å². The van der Waals surface area contributed by atoms with Crippen LogP contribution in [0.3, 0.4) is 0 Å². The van der Waals surface area contributed by atoms with Gasteiger partial charge in [0, 0.05) is 19.3 Å². The highest BCUT2D eigenvalue weighted by Crippen LogP contribution is 2.19. The van der Waals surface area contributed by atoms with Crippen molar-refractivity contribution in [1.82, 2.24) is 0 Å². The normalized spacial score (nSPS) is 11.9. The third-order valence-electron chi connectivity index (χ3n) is 16.4. The van der Waals surface area contributed by atoms with Gasteiger partial charge in [-0.2, -0.15) is 0 Å². The van der Waals surface area contributed by atoms with Crippen molar-refractivity contribution >= 4 is 17.9 Å². The molecule has 0 heterocycles. The topological polar surface area (TPSA) is 78.9 Å². The number of rotatable bonds is 66. The molecule has 0 aromatic rings. The van der Waals surface area contributed by atoms with E-state index in [0.717, 1.165) is 57.8 Å². The Bertz CT molecular complexity index is 1140. The predicted octanol–water partition coefficient (Wildman–Crippen LogP) is 23.8. The predicted molar refractivity (Wildman–Crippen MR) is 330 cm³/mol. The van der Waals surface area contributed by atoms with Gasteiger partial charge in [-0.05, 0) is 19.3 Å². The Hall–Kier alpha value is -1.59. The lowest BCUT2D eigenvalue weighted by Gasteiger charge is -2.18. The Morgan fingerprint density at radius 3 is 0.526 bits per heavy atom. The van der Waals surface area contributed by atoms with Crippen LogP contribution < -0.4 is 0 Å². The van der Waals surface area contributed by atoms with Gasteiger partial charge in [-0.15, -0.1) is 0 Å². The van der Waals surface area contributed by atoms with Crippen LogP contribution in [0.1, 0.15) is 412 Å². The van der Waals surface area contributed by atoms with Crippen molar-refractivity contribution in [3.63, 3.8) is 0 Å². The van der Waals surface area contributed by atoms with Crippen molar-refractivity contribution < 1.29 is 28.6 Å². The summed E-state index contributed by atoms with van der Waals surface area (Å²) in [5, 5.41) is 0. The molecule has 0 aliphatic carbocycles. The molecule has 1 atom stereocenters. The molecule has 452 valence electrons. The summed E-state index contributed by atoms with van der Waals surface area (Å²) in [4.78, 5) is 38.3. The van der Waals surface area contributed by atoms with Crippen LogP contribution in [0, 0.1) is 0 Å². The van der Waals surface area contributed by atoms with Crippen molar-refractivity contribution in [1.29, 1.82) is 0 Å². The van der Waals surface area contributed by atoms with E-state index in [9.17, 15) is 14.4 Å². The lowest BCUT2D eigenvalue weighted by molar-refractivity contribution is -0.167. The lowest BCUT2D eigenvalue weighted by Crippen LogP contribution is -2.30. The number of hydrogen-bond donors (Lipinski definition) is 0. The maximum Gasteiger partial charge on any atom is 0.306 e. The Morgan fingerprint density at radius 1 is 0.211 bits per heavy atom. The Labute approximate surface area is 476 Å². The quantitative estimate of drug-likeness (QED) is 0.0343. The molecule has 0 aliphatic heterocycles. The average molecular weight is 1070 g/mol. The first kappa shape index (κ1) is 74.4. The summed E-state index contributed by atoms with van der Waals surface area (Å²) >= 11 is 0. The SMILES string of the molecule is CCCCCCCCCCCCCCCCCCCCCCCCCCCCC(=O)OCC(COC(=O)CCCCCCCCCCC)OC(=O)CCCCCCCCCCCCCCCCCCCCCCCCC. The van der Waals surface area contributed by atoms with E-state index in [1.807, 2.05) is 0 Å². The molecule has 0 N–H and O–H groups in total. The molecular weight excluding hydrogens is 937 g/mol. The molecule has 0 bridgehead atoms. The molecule has 0 saturated carbocycles. The number of ether oxygens (including phenoxy) is 3. The number of unbranched alkanes of at least 4 members (excludes halogenated alkanes) is 55. The fraction of sp³-hybridized carbons (Fsp3) is 0.957. The molecule has 0 amide bonds.